The monoisotopic (exact) mass is 366 g/mol. The first-order chi connectivity index (χ1) is 12.1. The fraction of sp³-hybridized carbons (Fsp3) is 0.0500. The van der Waals surface area contributed by atoms with Gasteiger partial charge in [0.15, 0.2) is 0 Å². The van der Waals surface area contributed by atoms with Crippen molar-refractivity contribution in [1.29, 1.82) is 0 Å². The Morgan fingerprint density at radius 1 is 0.960 bits per heavy atom. The minimum Gasteiger partial charge on any atom is -0.307 e. The minimum absolute atomic E-state index is 0.208. The largest absolute Gasteiger partial charge is 0.331 e. The first kappa shape index (κ1) is 16.1. The fourth-order valence-corrected chi connectivity index (χ4v) is 4.01. The summed E-state index contributed by atoms with van der Waals surface area (Å²) in [4.78, 5) is 16.9. The van der Waals surface area contributed by atoms with E-state index in [2.05, 4.69) is 5.32 Å². The maximum atomic E-state index is 13.1. The molecule has 1 heterocycles. The molecule has 0 fully saturated rings. The van der Waals surface area contributed by atoms with Crippen molar-refractivity contribution >= 4 is 46.5 Å². The average Bonchev–Trinajstić information content (AvgIpc) is 2.62. The van der Waals surface area contributed by atoms with Crippen LogP contribution in [-0.2, 0) is 0 Å². The zero-order valence-electron chi connectivity index (χ0n) is 13.5. The number of carbonyl (C=O) groups excluding carboxylic acids is 1. The third-order valence-electron chi connectivity index (χ3n) is 4.06. The number of nitrogens with one attached hydrogen (secondary N) is 1. The lowest BCUT2D eigenvalue weighted by atomic mass is 10.2. The summed E-state index contributed by atoms with van der Waals surface area (Å²) in [7, 11) is 0. The van der Waals surface area contributed by atoms with Crippen molar-refractivity contribution in [2.24, 2.45) is 0 Å². The molecule has 0 radical (unpaired) electrons. The van der Waals surface area contributed by atoms with Crippen LogP contribution in [0.4, 0.5) is 21.9 Å². The zero-order valence-corrected chi connectivity index (χ0v) is 15.1. The van der Waals surface area contributed by atoms with Gasteiger partial charge in [-0.15, -0.1) is 0 Å². The Balaban J connectivity index is 1.73. The van der Waals surface area contributed by atoms with Crippen molar-refractivity contribution in [2.45, 2.75) is 16.7 Å². The third-order valence-corrected chi connectivity index (χ3v) is 5.60. The normalized spacial score (nSPS) is 12.3. The third kappa shape index (κ3) is 2.99. The Morgan fingerprint density at radius 3 is 2.16 bits per heavy atom. The van der Waals surface area contributed by atoms with Gasteiger partial charge in [-0.25, -0.2) is 4.79 Å². The molecule has 3 aromatic carbocycles. The van der Waals surface area contributed by atoms with Crippen LogP contribution >= 0.6 is 23.4 Å². The molecule has 0 unspecified atom stereocenters. The Kier molecular flexibility index (Phi) is 4.15. The number of para-hydroxylation sites is 2. The summed E-state index contributed by atoms with van der Waals surface area (Å²) >= 11 is 7.85. The van der Waals surface area contributed by atoms with Crippen LogP contribution in [0.25, 0.3) is 0 Å². The second-order valence-corrected chi connectivity index (χ2v) is 7.26. The van der Waals surface area contributed by atoms with Gasteiger partial charge in [0.2, 0.25) is 0 Å². The number of rotatable bonds is 1. The van der Waals surface area contributed by atoms with E-state index >= 15 is 0 Å². The molecule has 25 heavy (non-hydrogen) atoms. The highest BCUT2D eigenvalue weighted by atomic mass is 35.5. The molecule has 1 N–H and O–H groups in total. The van der Waals surface area contributed by atoms with Gasteiger partial charge in [0, 0.05) is 20.5 Å². The zero-order chi connectivity index (χ0) is 17.4. The van der Waals surface area contributed by atoms with Crippen molar-refractivity contribution in [2.75, 3.05) is 10.2 Å². The molecule has 1 aliphatic heterocycles. The summed E-state index contributed by atoms with van der Waals surface area (Å²) in [6.45, 7) is 1.93. The van der Waals surface area contributed by atoms with Crippen molar-refractivity contribution in [1.82, 2.24) is 0 Å². The van der Waals surface area contributed by atoms with Crippen LogP contribution in [0, 0.1) is 6.92 Å². The molecule has 5 heteroatoms. The lowest BCUT2D eigenvalue weighted by molar-refractivity contribution is 0.259. The maximum absolute atomic E-state index is 13.1. The minimum atomic E-state index is -0.208. The summed E-state index contributed by atoms with van der Waals surface area (Å²) in [6, 6.07) is 21.1. The smallest absolute Gasteiger partial charge is 0.307 e. The predicted molar refractivity (Wildman–Crippen MR) is 104 cm³/mol. The molecule has 3 aromatic rings. The molecule has 0 saturated heterocycles. The molecular formula is C20H15ClN2OS. The molecule has 3 nitrogen and oxygen atoms in total. The van der Waals surface area contributed by atoms with Crippen LogP contribution in [0.5, 0.6) is 0 Å². The van der Waals surface area contributed by atoms with Gasteiger partial charge in [-0.1, -0.05) is 53.7 Å². The number of hydrogen-bond acceptors (Lipinski definition) is 2. The van der Waals surface area contributed by atoms with E-state index in [0.717, 1.165) is 26.7 Å². The number of benzene rings is 3. The molecule has 0 aromatic heterocycles. The van der Waals surface area contributed by atoms with E-state index in [-0.39, 0.29) is 6.03 Å². The van der Waals surface area contributed by atoms with E-state index in [9.17, 15) is 4.79 Å². The van der Waals surface area contributed by atoms with Crippen molar-refractivity contribution in [3.63, 3.8) is 0 Å². The van der Waals surface area contributed by atoms with Crippen LogP contribution in [0.2, 0.25) is 5.02 Å². The lowest BCUT2D eigenvalue weighted by Crippen LogP contribution is -2.32. The van der Waals surface area contributed by atoms with Gasteiger partial charge in [0.05, 0.1) is 11.4 Å². The summed E-state index contributed by atoms with van der Waals surface area (Å²) in [5, 5.41) is 3.59. The number of carbonyl (C=O) groups is 1. The number of hydrogen-bond donors (Lipinski definition) is 1. The second-order valence-electron chi connectivity index (χ2n) is 5.77. The molecule has 0 saturated carbocycles. The molecule has 0 spiro atoms. The highest BCUT2D eigenvalue weighted by Crippen LogP contribution is 2.48. The van der Waals surface area contributed by atoms with Crippen molar-refractivity contribution in [3.05, 3.63) is 77.3 Å². The van der Waals surface area contributed by atoms with Gasteiger partial charge in [-0.05, 0) is 48.9 Å². The van der Waals surface area contributed by atoms with Gasteiger partial charge in [-0.3, -0.25) is 4.90 Å². The molecule has 124 valence electrons. The van der Waals surface area contributed by atoms with Crippen molar-refractivity contribution in [3.8, 4) is 0 Å². The number of anilines is 3. The molecule has 0 atom stereocenters. The van der Waals surface area contributed by atoms with Crippen LogP contribution in [-0.4, -0.2) is 6.03 Å². The highest BCUT2D eigenvalue weighted by Gasteiger charge is 2.27. The maximum Gasteiger partial charge on any atom is 0.331 e. The summed E-state index contributed by atoms with van der Waals surface area (Å²) in [6.07, 6.45) is 0. The van der Waals surface area contributed by atoms with Gasteiger partial charge in [0.1, 0.15) is 0 Å². The van der Waals surface area contributed by atoms with E-state index < -0.39 is 0 Å². The summed E-state index contributed by atoms with van der Waals surface area (Å²) in [5.41, 5.74) is 3.40. The molecule has 4 rings (SSSR count). The standard InChI is InChI=1S/C20H15ClN2OS/c1-13-10-11-14(12-15(13)21)22-20(24)23-16-6-2-4-8-18(16)25-19-9-5-3-7-17(19)23/h2-12H,1H3,(H,22,24). The number of urea groups is 1. The van der Waals surface area contributed by atoms with Gasteiger partial charge < -0.3 is 5.32 Å². The van der Waals surface area contributed by atoms with E-state index in [0.29, 0.717) is 10.7 Å². The Hall–Kier alpha value is -2.43. The summed E-state index contributed by atoms with van der Waals surface area (Å²) in [5.74, 6) is 0. The van der Waals surface area contributed by atoms with E-state index in [1.54, 1.807) is 22.7 Å². The number of amides is 2. The van der Waals surface area contributed by atoms with E-state index in [4.69, 9.17) is 11.6 Å². The van der Waals surface area contributed by atoms with Gasteiger partial charge >= 0.3 is 6.03 Å². The number of halogens is 1. The fourth-order valence-electron chi connectivity index (χ4n) is 2.77. The predicted octanol–water partition coefficient (Wildman–Crippen LogP) is 6.48. The van der Waals surface area contributed by atoms with Gasteiger partial charge in [-0.2, -0.15) is 0 Å². The first-order valence-electron chi connectivity index (χ1n) is 7.86. The number of fused-ring (bicyclic) bond motifs is 2. The molecule has 2 amide bonds. The SMILES string of the molecule is Cc1ccc(NC(=O)N2c3ccccc3Sc3ccccc32)cc1Cl. The van der Waals surface area contributed by atoms with Crippen LogP contribution < -0.4 is 10.2 Å². The Labute approximate surface area is 155 Å². The molecule has 1 aliphatic rings. The average molecular weight is 367 g/mol. The van der Waals surface area contributed by atoms with Crippen molar-refractivity contribution < 1.29 is 4.79 Å². The van der Waals surface area contributed by atoms with Crippen LogP contribution in [0.15, 0.2) is 76.5 Å². The number of nitrogens with zero attached hydrogens (tertiary/aromatic N) is 1. The van der Waals surface area contributed by atoms with Crippen LogP contribution in [0.3, 0.4) is 0 Å². The molecular weight excluding hydrogens is 352 g/mol. The number of aryl methyl sites for hydroxylation is 1. The van der Waals surface area contributed by atoms with Crippen LogP contribution in [0.1, 0.15) is 5.56 Å². The highest BCUT2D eigenvalue weighted by molar-refractivity contribution is 7.99. The molecule has 0 aliphatic carbocycles. The quantitative estimate of drug-likeness (QED) is 0.534. The lowest BCUT2D eigenvalue weighted by Gasteiger charge is -2.31. The first-order valence-corrected chi connectivity index (χ1v) is 9.06. The Morgan fingerprint density at radius 2 is 1.56 bits per heavy atom. The Bertz CT molecular complexity index is 928. The van der Waals surface area contributed by atoms with Gasteiger partial charge in [0.25, 0.3) is 0 Å². The van der Waals surface area contributed by atoms with E-state index in [1.165, 1.54) is 0 Å². The summed E-state index contributed by atoms with van der Waals surface area (Å²) < 4.78 is 0. The molecule has 0 bridgehead atoms. The second kappa shape index (κ2) is 6.47. The van der Waals surface area contributed by atoms with E-state index in [1.807, 2.05) is 67.6 Å². The topological polar surface area (TPSA) is 32.3 Å².